The van der Waals surface area contributed by atoms with E-state index in [-0.39, 0.29) is 11.3 Å². The maximum Gasteiger partial charge on any atom is 0.214 e. The summed E-state index contributed by atoms with van der Waals surface area (Å²) in [6, 6.07) is 4.05. The number of thiazole rings is 1. The van der Waals surface area contributed by atoms with Gasteiger partial charge in [0.15, 0.2) is 5.13 Å². The van der Waals surface area contributed by atoms with Crippen molar-refractivity contribution in [3.05, 3.63) is 29.4 Å². The summed E-state index contributed by atoms with van der Waals surface area (Å²) in [5, 5.41) is 6.06. The highest BCUT2D eigenvalue weighted by Crippen LogP contribution is 2.28. The van der Waals surface area contributed by atoms with Crippen LogP contribution in [0.3, 0.4) is 0 Å². The fourth-order valence-corrected chi connectivity index (χ4v) is 5.01. The van der Waals surface area contributed by atoms with Crippen molar-refractivity contribution in [3.8, 4) is 11.3 Å². The van der Waals surface area contributed by atoms with Crippen LogP contribution in [-0.4, -0.2) is 36.2 Å². The highest BCUT2D eigenvalue weighted by Gasteiger charge is 2.26. The Bertz CT molecular complexity index is 856. The predicted octanol–water partition coefficient (Wildman–Crippen LogP) is 3.81. The minimum Gasteiger partial charge on any atom is -0.361 e. The summed E-state index contributed by atoms with van der Waals surface area (Å²) in [6.45, 7) is 6.30. The Balaban J connectivity index is 1.48. The van der Waals surface area contributed by atoms with Gasteiger partial charge in [0.25, 0.3) is 0 Å². The first-order chi connectivity index (χ1) is 12.8. The van der Waals surface area contributed by atoms with Crippen molar-refractivity contribution in [1.82, 2.24) is 14.7 Å². The molecule has 2 N–H and O–H groups in total. The molecule has 0 unspecified atom stereocenters. The Hall–Kier alpha value is -1.51. The molecule has 0 aromatic carbocycles. The molecule has 27 heavy (non-hydrogen) atoms. The van der Waals surface area contributed by atoms with Gasteiger partial charge < -0.3 is 5.32 Å². The third-order valence-electron chi connectivity index (χ3n) is 5.13. The lowest BCUT2D eigenvalue weighted by Crippen LogP contribution is -2.41. The van der Waals surface area contributed by atoms with Crippen LogP contribution in [0.4, 0.5) is 5.13 Å². The first-order valence-corrected chi connectivity index (χ1v) is 11.9. The molecule has 6 nitrogen and oxygen atoms in total. The second-order valence-electron chi connectivity index (χ2n) is 7.48. The van der Waals surface area contributed by atoms with Crippen LogP contribution in [0.5, 0.6) is 0 Å². The summed E-state index contributed by atoms with van der Waals surface area (Å²) in [7, 11) is -3.18. The van der Waals surface area contributed by atoms with E-state index in [1.165, 1.54) is 0 Å². The van der Waals surface area contributed by atoms with Gasteiger partial charge in [-0.15, -0.1) is 11.3 Å². The van der Waals surface area contributed by atoms with Crippen molar-refractivity contribution in [3.63, 3.8) is 0 Å². The standard InChI is InChI=1S/C19H28N4O2S2/c1-13(2)27(24,25)23-16-8-6-15(7-9-16)11-21-19-22-18(12-26-19)17-5-4-10-20-14(17)3/h4-5,10,12-13,15-16,23H,6-9,11H2,1-3H3,(H,21,22). The number of hydrogen-bond donors (Lipinski definition) is 2. The Labute approximate surface area is 165 Å². The van der Waals surface area contributed by atoms with Crippen LogP contribution in [0, 0.1) is 12.8 Å². The van der Waals surface area contributed by atoms with Crippen molar-refractivity contribution in [2.45, 2.75) is 57.7 Å². The number of aryl methyl sites for hydroxylation is 1. The SMILES string of the molecule is Cc1ncccc1-c1csc(NCC2CCC(NS(=O)(=O)C(C)C)CC2)n1. The van der Waals surface area contributed by atoms with Crippen LogP contribution < -0.4 is 10.0 Å². The number of anilines is 1. The molecule has 0 spiro atoms. The zero-order valence-corrected chi connectivity index (χ0v) is 17.7. The van der Waals surface area contributed by atoms with Crippen LogP contribution in [0.2, 0.25) is 0 Å². The van der Waals surface area contributed by atoms with E-state index in [9.17, 15) is 8.42 Å². The van der Waals surface area contributed by atoms with Crippen LogP contribution in [0.25, 0.3) is 11.3 Å². The van der Waals surface area contributed by atoms with Gasteiger partial charge in [0.2, 0.25) is 10.0 Å². The summed E-state index contributed by atoms with van der Waals surface area (Å²) >= 11 is 1.61. The number of pyridine rings is 1. The van der Waals surface area contributed by atoms with Gasteiger partial charge >= 0.3 is 0 Å². The lowest BCUT2D eigenvalue weighted by atomic mass is 9.86. The molecule has 148 valence electrons. The largest absolute Gasteiger partial charge is 0.361 e. The van der Waals surface area contributed by atoms with Crippen LogP contribution in [0.15, 0.2) is 23.7 Å². The van der Waals surface area contributed by atoms with E-state index in [0.717, 1.165) is 54.3 Å². The Morgan fingerprint density at radius 1 is 1.26 bits per heavy atom. The molecule has 1 fully saturated rings. The normalized spacial score (nSPS) is 20.7. The van der Waals surface area contributed by atoms with Gasteiger partial charge in [0.1, 0.15) is 0 Å². The Kier molecular flexibility index (Phi) is 6.49. The van der Waals surface area contributed by atoms with Crippen LogP contribution in [0.1, 0.15) is 45.2 Å². The molecular formula is C19H28N4O2S2. The average Bonchev–Trinajstić information content (AvgIpc) is 3.10. The number of nitrogens with one attached hydrogen (secondary N) is 2. The monoisotopic (exact) mass is 408 g/mol. The minimum atomic E-state index is -3.18. The van der Waals surface area contributed by atoms with Gasteiger partial charge in [-0.1, -0.05) is 0 Å². The van der Waals surface area contributed by atoms with E-state index in [1.54, 1.807) is 31.4 Å². The molecule has 2 aromatic rings. The summed E-state index contributed by atoms with van der Waals surface area (Å²) in [4.78, 5) is 9.01. The van der Waals surface area contributed by atoms with Gasteiger partial charge in [-0.05, 0) is 64.5 Å². The quantitative estimate of drug-likeness (QED) is 0.728. The van der Waals surface area contributed by atoms with Gasteiger partial charge in [0, 0.05) is 35.4 Å². The predicted molar refractivity (Wildman–Crippen MR) is 112 cm³/mol. The molecule has 0 saturated heterocycles. The molecular weight excluding hydrogens is 380 g/mol. The van der Waals surface area contributed by atoms with Crippen LogP contribution >= 0.6 is 11.3 Å². The molecule has 0 atom stereocenters. The van der Waals surface area contributed by atoms with Crippen molar-refractivity contribution in [1.29, 1.82) is 0 Å². The van der Waals surface area contributed by atoms with E-state index >= 15 is 0 Å². The van der Waals surface area contributed by atoms with E-state index < -0.39 is 10.0 Å². The highest BCUT2D eigenvalue weighted by atomic mass is 32.2. The van der Waals surface area contributed by atoms with Gasteiger partial charge in [-0.2, -0.15) is 0 Å². The van der Waals surface area contributed by atoms with Crippen LogP contribution in [-0.2, 0) is 10.0 Å². The number of hydrogen-bond acceptors (Lipinski definition) is 6. The molecule has 0 radical (unpaired) electrons. The third-order valence-corrected chi connectivity index (χ3v) is 7.83. The molecule has 1 aliphatic rings. The first-order valence-electron chi connectivity index (χ1n) is 9.47. The maximum atomic E-state index is 12.0. The summed E-state index contributed by atoms with van der Waals surface area (Å²) in [5.41, 5.74) is 3.01. The number of rotatable bonds is 7. The number of aromatic nitrogens is 2. The minimum absolute atomic E-state index is 0.0775. The second kappa shape index (κ2) is 8.67. The fraction of sp³-hybridized carbons (Fsp3) is 0.579. The molecule has 0 bridgehead atoms. The van der Waals surface area contributed by atoms with E-state index in [4.69, 9.17) is 0 Å². The van der Waals surface area contributed by atoms with Gasteiger partial charge in [-0.25, -0.2) is 18.1 Å². The Morgan fingerprint density at radius 2 is 2.00 bits per heavy atom. The fourth-order valence-electron chi connectivity index (χ4n) is 3.32. The molecule has 8 heteroatoms. The van der Waals surface area contributed by atoms with Crippen molar-refractivity contribution >= 4 is 26.5 Å². The molecule has 3 rings (SSSR count). The zero-order valence-electron chi connectivity index (χ0n) is 16.1. The van der Waals surface area contributed by atoms with E-state index in [1.807, 2.05) is 19.1 Å². The van der Waals surface area contributed by atoms with Gasteiger partial charge in [0.05, 0.1) is 10.9 Å². The summed E-state index contributed by atoms with van der Waals surface area (Å²) in [5.74, 6) is 0.553. The summed E-state index contributed by atoms with van der Waals surface area (Å²) < 4.78 is 26.8. The maximum absolute atomic E-state index is 12.0. The molecule has 1 saturated carbocycles. The van der Waals surface area contributed by atoms with Crippen molar-refractivity contribution in [2.24, 2.45) is 5.92 Å². The third kappa shape index (κ3) is 5.27. The topological polar surface area (TPSA) is 84.0 Å². The molecule has 2 heterocycles. The molecule has 0 aliphatic heterocycles. The van der Waals surface area contributed by atoms with Crippen molar-refractivity contribution in [2.75, 3.05) is 11.9 Å². The Morgan fingerprint density at radius 3 is 2.67 bits per heavy atom. The number of sulfonamides is 1. The van der Waals surface area contributed by atoms with E-state index in [0.29, 0.717) is 5.92 Å². The lowest BCUT2D eigenvalue weighted by molar-refractivity contribution is 0.323. The smallest absolute Gasteiger partial charge is 0.214 e. The molecule has 2 aromatic heterocycles. The van der Waals surface area contributed by atoms with Crippen molar-refractivity contribution < 1.29 is 8.42 Å². The summed E-state index contributed by atoms with van der Waals surface area (Å²) in [6.07, 6.45) is 5.64. The van der Waals surface area contributed by atoms with Gasteiger partial charge in [-0.3, -0.25) is 4.98 Å². The van der Waals surface area contributed by atoms with E-state index in [2.05, 4.69) is 25.4 Å². The highest BCUT2D eigenvalue weighted by molar-refractivity contribution is 7.90. The number of nitrogens with zero attached hydrogens (tertiary/aromatic N) is 2. The zero-order chi connectivity index (χ0) is 19.4. The first kappa shape index (κ1) is 20.2. The molecule has 0 amide bonds. The molecule has 1 aliphatic carbocycles. The second-order valence-corrected chi connectivity index (χ2v) is 10.6. The lowest BCUT2D eigenvalue weighted by Gasteiger charge is -2.29. The average molecular weight is 409 g/mol.